The van der Waals surface area contributed by atoms with Crippen LogP contribution in [0, 0.1) is 5.92 Å². The maximum absolute atomic E-state index is 12.6. The van der Waals surface area contributed by atoms with Crippen molar-refractivity contribution in [3.05, 3.63) is 24.2 Å². The first-order valence-electron chi connectivity index (χ1n) is 6.72. The van der Waals surface area contributed by atoms with Gasteiger partial charge in [-0.3, -0.25) is 0 Å². The average molecular weight is 298 g/mol. The summed E-state index contributed by atoms with van der Waals surface area (Å²) in [5.41, 5.74) is 0.962. The summed E-state index contributed by atoms with van der Waals surface area (Å²) in [5, 5.41) is 9.67. The number of rotatable bonds is 3. The fourth-order valence-corrected chi connectivity index (χ4v) is 3.24. The van der Waals surface area contributed by atoms with E-state index < -0.39 is 10.6 Å². The Balaban J connectivity index is 2.34. The summed E-state index contributed by atoms with van der Waals surface area (Å²) >= 11 is 4.13. The molecule has 0 bridgehead atoms. The number of hydrogen-bond acceptors (Lipinski definition) is 4. The second kappa shape index (κ2) is 5.61. The molecule has 1 aliphatic heterocycles. The lowest BCUT2D eigenvalue weighted by atomic mass is 10.00. The van der Waals surface area contributed by atoms with Crippen LogP contribution in [0.2, 0.25) is 0 Å². The molecule has 4 atom stereocenters. The molecule has 6 heteroatoms. The number of nitrogens with zero attached hydrogens (tertiary/aromatic N) is 1. The predicted octanol–water partition coefficient (Wildman–Crippen LogP) is 2.74. The van der Waals surface area contributed by atoms with Crippen LogP contribution in [0.4, 0.5) is 4.79 Å². The van der Waals surface area contributed by atoms with Crippen molar-refractivity contribution in [2.45, 2.75) is 32.2 Å². The minimum atomic E-state index is -1.07. The van der Waals surface area contributed by atoms with Crippen LogP contribution in [0.3, 0.4) is 0 Å². The number of thiol groups is 1. The molecule has 5 nitrogen and oxygen atoms in total. The quantitative estimate of drug-likeness (QED) is 0.665. The number of carbonyl (C=O) groups is 2. The molecule has 2 heterocycles. The van der Waals surface area contributed by atoms with Crippen LogP contribution < -0.4 is 0 Å². The number of quaternary nitrogens is 1. The smallest absolute Gasteiger partial charge is 0.472 e. The lowest BCUT2D eigenvalue weighted by molar-refractivity contribution is -0.794. The van der Waals surface area contributed by atoms with Gasteiger partial charge in [0.2, 0.25) is 0 Å². The second-order valence-electron chi connectivity index (χ2n) is 5.59. The first-order valence-corrected chi connectivity index (χ1v) is 7.35. The highest BCUT2D eigenvalue weighted by molar-refractivity contribution is 7.80. The third-order valence-electron chi connectivity index (χ3n) is 4.33. The minimum Gasteiger partial charge on any atom is -0.472 e. The summed E-state index contributed by atoms with van der Waals surface area (Å²) in [5.74, 6) is -0.239. The molecule has 1 N–H and O–H groups in total. The van der Waals surface area contributed by atoms with Gasteiger partial charge in [0, 0.05) is 18.1 Å². The Morgan fingerprint density at radius 1 is 1.60 bits per heavy atom. The van der Waals surface area contributed by atoms with Gasteiger partial charge < -0.3 is 9.52 Å². The molecule has 0 aromatic carbocycles. The van der Waals surface area contributed by atoms with Crippen molar-refractivity contribution >= 4 is 24.6 Å². The highest BCUT2D eigenvalue weighted by Crippen LogP contribution is 2.39. The van der Waals surface area contributed by atoms with Gasteiger partial charge in [0.25, 0.3) is 0 Å². The molecule has 1 aliphatic rings. The van der Waals surface area contributed by atoms with Crippen molar-refractivity contribution in [2.24, 2.45) is 5.92 Å². The van der Waals surface area contributed by atoms with E-state index in [0.717, 1.165) is 5.56 Å². The highest BCUT2D eigenvalue weighted by atomic mass is 32.1. The number of likely N-dealkylation sites (tertiary alicyclic amines) is 1. The van der Waals surface area contributed by atoms with Gasteiger partial charge in [0.15, 0.2) is 0 Å². The fraction of sp³-hybridized carbons (Fsp3) is 0.571. The van der Waals surface area contributed by atoms with E-state index in [1.807, 2.05) is 13.0 Å². The van der Waals surface area contributed by atoms with E-state index in [4.69, 9.17) is 4.42 Å². The van der Waals surface area contributed by atoms with E-state index in [0.29, 0.717) is 12.2 Å². The Morgan fingerprint density at radius 3 is 2.80 bits per heavy atom. The number of hydrogen-bond donors (Lipinski definition) is 2. The predicted molar refractivity (Wildman–Crippen MR) is 76.7 cm³/mol. The second-order valence-corrected chi connectivity index (χ2v) is 5.96. The van der Waals surface area contributed by atoms with E-state index in [1.165, 1.54) is 0 Å². The van der Waals surface area contributed by atoms with Crippen molar-refractivity contribution in [2.75, 3.05) is 12.3 Å². The lowest BCUT2D eigenvalue weighted by Crippen LogP contribution is -2.60. The molecule has 1 aromatic rings. The van der Waals surface area contributed by atoms with E-state index in [1.54, 1.807) is 19.5 Å². The Hall–Kier alpha value is -1.27. The van der Waals surface area contributed by atoms with Gasteiger partial charge in [-0.15, -0.1) is 0 Å². The third-order valence-corrected chi connectivity index (χ3v) is 4.88. The van der Waals surface area contributed by atoms with Crippen molar-refractivity contribution < 1.29 is 23.6 Å². The topological polar surface area (TPSA) is 67.5 Å². The van der Waals surface area contributed by atoms with Crippen molar-refractivity contribution in [1.29, 1.82) is 0 Å². The van der Waals surface area contributed by atoms with Crippen LogP contribution in [0.15, 0.2) is 23.0 Å². The van der Waals surface area contributed by atoms with Gasteiger partial charge in [-0.2, -0.15) is 21.9 Å². The Kier molecular flexibility index (Phi) is 4.25. The average Bonchev–Trinajstić information content (AvgIpc) is 3.04. The van der Waals surface area contributed by atoms with E-state index in [-0.39, 0.29) is 30.3 Å². The van der Waals surface area contributed by atoms with Crippen LogP contribution in [-0.2, 0) is 4.79 Å². The molecule has 2 rings (SSSR count). The van der Waals surface area contributed by atoms with Crippen molar-refractivity contribution in [1.82, 2.24) is 0 Å². The number of imide groups is 1. The van der Waals surface area contributed by atoms with Crippen LogP contribution in [0.1, 0.15) is 31.7 Å². The summed E-state index contributed by atoms with van der Waals surface area (Å²) in [6.45, 7) is 3.85. The maximum atomic E-state index is 12.6. The number of furan rings is 1. The molecule has 2 unspecified atom stereocenters. The zero-order valence-corrected chi connectivity index (χ0v) is 12.5. The molecule has 20 heavy (non-hydrogen) atoms. The monoisotopic (exact) mass is 298 g/mol. The van der Waals surface area contributed by atoms with Gasteiger partial charge >= 0.3 is 12.0 Å². The standard InChI is InChI=1S/C14H19NO4S/c1-9(8-20)13(16)15(14(17)18)6-12(5-10(15)2)11-3-4-19-7-11/h3-4,7,9-10,12H,5-6,8H2,1-2H3,(H-,17,18,20)/p+1/t9?,10?,12-,15-/m0/s1. The molecule has 1 aromatic heterocycles. The zero-order valence-electron chi connectivity index (χ0n) is 11.7. The number of amides is 2. The Morgan fingerprint density at radius 2 is 2.30 bits per heavy atom. The Labute approximate surface area is 123 Å². The molecular formula is C14H20NO4S+. The molecule has 110 valence electrons. The molecule has 2 amide bonds. The number of carboxylic acid groups (broad SMARTS) is 1. The van der Waals surface area contributed by atoms with E-state index in [2.05, 4.69) is 12.6 Å². The molecule has 0 saturated carbocycles. The molecule has 0 aliphatic carbocycles. The van der Waals surface area contributed by atoms with Gasteiger partial charge in [0.1, 0.15) is 12.6 Å². The summed E-state index contributed by atoms with van der Waals surface area (Å²) < 4.78 is 4.57. The molecule has 0 radical (unpaired) electrons. The SMILES string of the molecule is CC(CS)C(=O)[N@+]1(C(=O)O)C[C@@H](c2ccoc2)CC1C. The van der Waals surface area contributed by atoms with Crippen LogP contribution >= 0.6 is 12.6 Å². The first-order chi connectivity index (χ1) is 9.43. The van der Waals surface area contributed by atoms with Crippen LogP contribution in [0.25, 0.3) is 0 Å². The van der Waals surface area contributed by atoms with Gasteiger partial charge in [-0.1, -0.05) is 0 Å². The van der Waals surface area contributed by atoms with E-state index >= 15 is 0 Å². The molecule has 1 saturated heterocycles. The van der Waals surface area contributed by atoms with Crippen molar-refractivity contribution in [3.63, 3.8) is 0 Å². The van der Waals surface area contributed by atoms with E-state index in [9.17, 15) is 14.7 Å². The van der Waals surface area contributed by atoms with Crippen LogP contribution in [-0.4, -0.2) is 39.9 Å². The minimum absolute atomic E-state index is 0.0379. The zero-order chi connectivity index (χ0) is 14.9. The first kappa shape index (κ1) is 15.1. The fourth-order valence-electron chi connectivity index (χ4n) is 3.08. The third kappa shape index (κ3) is 2.27. The van der Waals surface area contributed by atoms with Crippen molar-refractivity contribution in [3.8, 4) is 0 Å². The lowest BCUT2D eigenvalue weighted by Gasteiger charge is -2.31. The Bertz CT molecular complexity index is 501. The molecule has 0 spiro atoms. The summed E-state index contributed by atoms with van der Waals surface area (Å²) in [7, 11) is 0. The normalized spacial score (nSPS) is 31.1. The largest absolute Gasteiger partial charge is 0.521 e. The molecular weight excluding hydrogens is 278 g/mol. The number of carbonyl (C=O) groups excluding carboxylic acids is 1. The van der Waals surface area contributed by atoms with Crippen LogP contribution in [0.5, 0.6) is 0 Å². The summed E-state index contributed by atoms with van der Waals surface area (Å²) in [6, 6.07) is 1.59. The molecule has 1 fully saturated rings. The van der Waals surface area contributed by atoms with Gasteiger partial charge in [-0.25, -0.2) is 4.79 Å². The van der Waals surface area contributed by atoms with Gasteiger partial charge in [-0.05, 0) is 25.5 Å². The van der Waals surface area contributed by atoms with Gasteiger partial charge in [0.05, 0.1) is 18.4 Å². The summed E-state index contributed by atoms with van der Waals surface area (Å²) in [4.78, 5) is 24.4. The maximum Gasteiger partial charge on any atom is 0.521 e. The summed E-state index contributed by atoms with van der Waals surface area (Å²) in [6.07, 6.45) is 2.80. The highest BCUT2D eigenvalue weighted by Gasteiger charge is 2.57.